The first kappa shape index (κ1) is 15.4. The molecule has 0 bridgehead atoms. The van der Waals surface area contributed by atoms with Crippen LogP contribution in [0, 0.1) is 0 Å². The Labute approximate surface area is 110 Å². The summed E-state index contributed by atoms with van der Waals surface area (Å²) >= 11 is 0. The van der Waals surface area contributed by atoms with Crippen molar-refractivity contribution < 1.29 is 14.1 Å². The quantitative estimate of drug-likeness (QED) is 0.808. The maximum absolute atomic E-state index is 8.75. The molecule has 4 nitrogen and oxygen atoms in total. The summed E-state index contributed by atoms with van der Waals surface area (Å²) in [6.45, 7) is 11.8. The molecule has 0 fully saturated rings. The van der Waals surface area contributed by atoms with E-state index in [1.807, 2.05) is 6.07 Å². The molecular formula is C13H25NO3Si. The van der Waals surface area contributed by atoms with Crippen LogP contribution in [0.2, 0.25) is 18.1 Å². The summed E-state index contributed by atoms with van der Waals surface area (Å²) in [5.41, 5.74) is 0.841. The van der Waals surface area contributed by atoms with E-state index in [-0.39, 0.29) is 11.6 Å². The van der Waals surface area contributed by atoms with Gasteiger partial charge < -0.3 is 14.1 Å². The molecule has 1 N–H and O–H groups in total. The van der Waals surface area contributed by atoms with Gasteiger partial charge in [-0.3, -0.25) is 0 Å². The van der Waals surface area contributed by atoms with Crippen LogP contribution in [0.1, 0.15) is 38.6 Å². The second-order valence-corrected chi connectivity index (χ2v) is 11.0. The molecule has 18 heavy (non-hydrogen) atoms. The molecular weight excluding hydrogens is 246 g/mol. The minimum atomic E-state index is -1.73. The van der Waals surface area contributed by atoms with Crippen LogP contribution in [0.5, 0.6) is 0 Å². The van der Waals surface area contributed by atoms with Crippen molar-refractivity contribution in [3.8, 4) is 0 Å². The molecule has 0 aromatic carbocycles. The van der Waals surface area contributed by atoms with E-state index in [2.05, 4.69) is 39.0 Å². The molecule has 1 heterocycles. The second-order valence-electron chi connectivity index (χ2n) is 6.16. The van der Waals surface area contributed by atoms with E-state index in [0.29, 0.717) is 13.0 Å². The predicted molar refractivity (Wildman–Crippen MR) is 73.9 cm³/mol. The molecule has 1 aromatic rings. The Morgan fingerprint density at radius 1 is 1.39 bits per heavy atom. The molecule has 0 spiro atoms. The van der Waals surface area contributed by atoms with Crippen LogP contribution in [0.15, 0.2) is 10.6 Å². The van der Waals surface area contributed by atoms with Gasteiger partial charge in [0.2, 0.25) is 0 Å². The van der Waals surface area contributed by atoms with Crippen molar-refractivity contribution >= 4 is 8.32 Å². The van der Waals surface area contributed by atoms with Gasteiger partial charge in [0.25, 0.3) is 0 Å². The largest absolute Gasteiger partial charge is 0.411 e. The zero-order chi connectivity index (χ0) is 13.8. The molecule has 0 atom stereocenters. The topological polar surface area (TPSA) is 55.5 Å². The summed E-state index contributed by atoms with van der Waals surface area (Å²) in [6.07, 6.45) is 1.43. The number of nitrogens with zero attached hydrogens (tertiary/aromatic N) is 1. The number of aromatic nitrogens is 1. The van der Waals surface area contributed by atoms with Gasteiger partial charge in [-0.25, -0.2) is 0 Å². The van der Waals surface area contributed by atoms with E-state index in [1.54, 1.807) is 0 Å². The first-order valence-electron chi connectivity index (χ1n) is 6.45. The van der Waals surface area contributed by atoms with Crippen LogP contribution in [0.3, 0.4) is 0 Å². The standard InChI is InChI=1S/C13H25NO3Si/c1-13(2,3)18(4,5)16-10-11-9-12(17-14-11)7-6-8-15/h9,15H,6-8,10H2,1-5H3. The van der Waals surface area contributed by atoms with Crippen LogP contribution in [-0.4, -0.2) is 25.2 Å². The van der Waals surface area contributed by atoms with Crippen molar-refractivity contribution in [1.29, 1.82) is 0 Å². The van der Waals surface area contributed by atoms with Gasteiger partial charge in [0, 0.05) is 19.1 Å². The van der Waals surface area contributed by atoms with Gasteiger partial charge in [0.1, 0.15) is 11.5 Å². The molecule has 1 aromatic heterocycles. The van der Waals surface area contributed by atoms with Crippen molar-refractivity contribution in [2.45, 2.75) is 58.4 Å². The fourth-order valence-corrected chi connectivity index (χ4v) is 2.21. The molecule has 0 aliphatic heterocycles. The van der Waals surface area contributed by atoms with Gasteiger partial charge in [-0.15, -0.1) is 0 Å². The highest BCUT2D eigenvalue weighted by Gasteiger charge is 2.37. The molecule has 1 rings (SSSR count). The van der Waals surface area contributed by atoms with Crippen molar-refractivity contribution in [3.63, 3.8) is 0 Å². The number of hydrogen-bond acceptors (Lipinski definition) is 4. The number of hydrogen-bond donors (Lipinski definition) is 1. The average molecular weight is 271 g/mol. The van der Waals surface area contributed by atoms with E-state index in [1.165, 1.54) is 0 Å². The van der Waals surface area contributed by atoms with Gasteiger partial charge in [-0.1, -0.05) is 25.9 Å². The fourth-order valence-electron chi connectivity index (χ4n) is 1.27. The van der Waals surface area contributed by atoms with E-state index < -0.39 is 8.32 Å². The lowest BCUT2D eigenvalue weighted by molar-refractivity contribution is 0.259. The number of rotatable bonds is 6. The Bertz CT molecular complexity index is 369. The van der Waals surface area contributed by atoms with Crippen molar-refractivity contribution in [2.24, 2.45) is 0 Å². The first-order valence-corrected chi connectivity index (χ1v) is 9.36. The second kappa shape index (κ2) is 5.99. The predicted octanol–water partition coefficient (Wildman–Crippen LogP) is 3.12. The van der Waals surface area contributed by atoms with E-state index in [4.69, 9.17) is 14.1 Å². The van der Waals surface area contributed by atoms with Crippen LogP contribution in [0.25, 0.3) is 0 Å². The van der Waals surface area contributed by atoms with Gasteiger partial charge in [0.05, 0.1) is 6.61 Å². The summed E-state index contributed by atoms with van der Waals surface area (Å²) in [6, 6.07) is 1.92. The summed E-state index contributed by atoms with van der Waals surface area (Å²) < 4.78 is 11.3. The molecule has 0 saturated carbocycles. The van der Waals surface area contributed by atoms with Crippen LogP contribution >= 0.6 is 0 Å². The Hall–Kier alpha value is -0.653. The molecule has 0 radical (unpaired) electrons. The zero-order valence-electron chi connectivity index (χ0n) is 12.1. The van der Waals surface area contributed by atoms with E-state index in [9.17, 15) is 0 Å². The molecule has 0 saturated heterocycles. The molecule has 104 valence electrons. The summed E-state index contributed by atoms with van der Waals surface area (Å²) in [5, 5.41) is 13.0. The smallest absolute Gasteiger partial charge is 0.192 e. The van der Waals surface area contributed by atoms with Crippen molar-refractivity contribution in [2.75, 3.05) is 6.61 Å². The molecule has 0 aliphatic rings. The number of aliphatic hydroxyl groups excluding tert-OH is 1. The van der Waals surface area contributed by atoms with Gasteiger partial charge in [0.15, 0.2) is 8.32 Å². The van der Waals surface area contributed by atoms with Crippen molar-refractivity contribution in [1.82, 2.24) is 5.16 Å². The Kier molecular flexibility index (Phi) is 5.13. The SMILES string of the molecule is CC(C)(C)[Si](C)(C)OCc1cc(CCCO)on1. The Morgan fingerprint density at radius 2 is 2.06 bits per heavy atom. The third kappa shape index (κ3) is 4.22. The van der Waals surface area contributed by atoms with E-state index >= 15 is 0 Å². The fraction of sp³-hybridized carbons (Fsp3) is 0.769. The minimum absolute atomic E-state index is 0.177. The van der Waals surface area contributed by atoms with Gasteiger partial charge in [-0.2, -0.15) is 0 Å². The lowest BCUT2D eigenvalue weighted by atomic mass is 10.2. The lowest BCUT2D eigenvalue weighted by Crippen LogP contribution is -2.40. The minimum Gasteiger partial charge on any atom is -0.411 e. The monoisotopic (exact) mass is 271 g/mol. The maximum atomic E-state index is 8.75. The third-order valence-electron chi connectivity index (χ3n) is 3.58. The maximum Gasteiger partial charge on any atom is 0.192 e. The molecule has 0 unspecified atom stereocenters. The summed E-state index contributed by atoms with van der Waals surface area (Å²) in [4.78, 5) is 0. The molecule has 0 aliphatic carbocycles. The molecule has 5 heteroatoms. The molecule has 0 amide bonds. The van der Waals surface area contributed by atoms with Crippen LogP contribution in [-0.2, 0) is 17.5 Å². The third-order valence-corrected chi connectivity index (χ3v) is 8.05. The normalized spacial score (nSPS) is 13.0. The van der Waals surface area contributed by atoms with E-state index in [0.717, 1.165) is 17.9 Å². The first-order chi connectivity index (χ1) is 8.26. The average Bonchev–Trinajstić information content (AvgIpc) is 2.70. The van der Waals surface area contributed by atoms with Crippen LogP contribution < -0.4 is 0 Å². The van der Waals surface area contributed by atoms with Crippen LogP contribution in [0.4, 0.5) is 0 Å². The lowest BCUT2D eigenvalue weighted by Gasteiger charge is -2.35. The number of aryl methyl sites for hydroxylation is 1. The highest BCUT2D eigenvalue weighted by molar-refractivity contribution is 6.74. The van der Waals surface area contributed by atoms with Gasteiger partial charge >= 0.3 is 0 Å². The number of aliphatic hydroxyl groups is 1. The zero-order valence-corrected chi connectivity index (χ0v) is 13.1. The summed E-state index contributed by atoms with van der Waals surface area (Å²) in [7, 11) is -1.73. The Balaban J connectivity index is 2.51. The van der Waals surface area contributed by atoms with Crippen molar-refractivity contribution in [3.05, 3.63) is 17.5 Å². The summed E-state index contributed by atoms with van der Waals surface area (Å²) in [5.74, 6) is 0.817. The Morgan fingerprint density at radius 3 is 2.61 bits per heavy atom. The van der Waals surface area contributed by atoms with Gasteiger partial charge in [-0.05, 0) is 24.6 Å². The highest BCUT2D eigenvalue weighted by Crippen LogP contribution is 2.36. The highest BCUT2D eigenvalue weighted by atomic mass is 28.4.